The first kappa shape index (κ1) is 18.5. The van der Waals surface area contributed by atoms with E-state index in [4.69, 9.17) is 16.3 Å². The number of carboxylic acids is 1. The van der Waals surface area contributed by atoms with Gasteiger partial charge in [0.25, 0.3) is 0 Å². The fourth-order valence-electron chi connectivity index (χ4n) is 3.13. The van der Waals surface area contributed by atoms with E-state index in [1.165, 1.54) is 0 Å². The third-order valence-electron chi connectivity index (χ3n) is 4.47. The van der Waals surface area contributed by atoms with Crippen molar-refractivity contribution in [2.24, 2.45) is 0 Å². The van der Waals surface area contributed by atoms with Crippen molar-refractivity contribution in [3.8, 4) is 5.75 Å². The van der Waals surface area contributed by atoms with Crippen LogP contribution >= 0.6 is 23.1 Å². The van der Waals surface area contributed by atoms with Crippen LogP contribution < -0.4 is 10.1 Å². The number of aromatic nitrogens is 1. The molecule has 1 aliphatic heterocycles. The van der Waals surface area contributed by atoms with Crippen LogP contribution in [-0.4, -0.2) is 21.4 Å². The number of rotatable bonds is 5. The number of halogens is 1. The van der Waals surface area contributed by atoms with E-state index in [-0.39, 0.29) is 23.9 Å². The summed E-state index contributed by atoms with van der Waals surface area (Å²) in [5.41, 5.74) is 2.07. The van der Waals surface area contributed by atoms with E-state index in [1.54, 1.807) is 0 Å². The molecule has 2 heterocycles. The Hall–Kier alpha value is -2.90. The highest BCUT2D eigenvalue weighted by Gasteiger charge is 2.33. The Morgan fingerprint density at radius 3 is 2.79 bits per heavy atom. The number of hydrogen-bond acceptors (Lipinski definition) is 5. The molecule has 6 nitrogen and oxygen atoms in total. The standard InChI is InChI=1S/C20H15ClN2O4S/c21-13-3-1-2-11(8-13)10-27-14-6-4-12(5-7-14)15-9-16(24)22-17-18(20(25)26)23-28-19(15)17/h1-8,15H,9-10H2,(H,22,24)(H,25,26)/t15-/m1/s1. The van der Waals surface area contributed by atoms with Crippen LogP contribution in [0.3, 0.4) is 0 Å². The fraction of sp³-hybridized carbons (Fsp3) is 0.150. The Morgan fingerprint density at radius 2 is 2.07 bits per heavy atom. The predicted molar refractivity (Wildman–Crippen MR) is 106 cm³/mol. The first-order valence-corrected chi connectivity index (χ1v) is 9.66. The van der Waals surface area contributed by atoms with Crippen molar-refractivity contribution < 1.29 is 19.4 Å². The minimum atomic E-state index is -1.15. The number of carbonyl (C=O) groups excluding carboxylic acids is 1. The topological polar surface area (TPSA) is 88.5 Å². The minimum Gasteiger partial charge on any atom is -0.489 e. The van der Waals surface area contributed by atoms with Crippen LogP contribution in [0.1, 0.15) is 38.8 Å². The lowest BCUT2D eigenvalue weighted by Crippen LogP contribution is -2.23. The van der Waals surface area contributed by atoms with Crippen molar-refractivity contribution in [1.82, 2.24) is 4.37 Å². The van der Waals surface area contributed by atoms with E-state index in [9.17, 15) is 14.7 Å². The third kappa shape index (κ3) is 3.72. The minimum absolute atomic E-state index is 0.112. The number of ether oxygens (including phenoxy) is 1. The van der Waals surface area contributed by atoms with Crippen LogP contribution in [0.4, 0.5) is 5.69 Å². The summed E-state index contributed by atoms with van der Waals surface area (Å²) in [4.78, 5) is 24.1. The summed E-state index contributed by atoms with van der Waals surface area (Å²) in [6, 6.07) is 14.9. The number of aromatic carboxylic acids is 1. The molecule has 0 aliphatic carbocycles. The van der Waals surface area contributed by atoms with Crippen molar-refractivity contribution in [1.29, 1.82) is 0 Å². The summed E-state index contributed by atoms with van der Waals surface area (Å²) < 4.78 is 9.78. The molecule has 0 unspecified atom stereocenters. The second-order valence-corrected chi connectivity index (χ2v) is 7.61. The van der Waals surface area contributed by atoms with Gasteiger partial charge in [0.2, 0.25) is 5.91 Å². The van der Waals surface area contributed by atoms with Gasteiger partial charge in [0.1, 0.15) is 12.4 Å². The van der Waals surface area contributed by atoms with Crippen LogP contribution in [0.25, 0.3) is 0 Å². The van der Waals surface area contributed by atoms with Crippen molar-refractivity contribution in [2.45, 2.75) is 18.9 Å². The van der Waals surface area contributed by atoms with Gasteiger partial charge < -0.3 is 15.2 Å². The molecule has 142 valence electrons. The molecule has 8 heteroatoms. The van der Waals surface area contributed by atoms with Crippen LogP contribution in [0.2, 0.25) is 5.02 Å². The largest absolute Gasteiger partial charge is 0.489 e. The second kappa shape index (κ2) is 7.61. The number of carboxylic acid groups (broad SMARTS) is 1. The summed E-state index contributed by atoms with van der Waals surface area (Å²) >= 11 is 7.09. The molecule has 0 bridgehead atoms. The molecule has 1 amide bonds. The Labute approximate surface area is 169 Å². The normalized spacial score (nSPS) is 15.6. The number of amides is 1. The van der Waals surface area contributed by atoms with E-state index in [0.29, 0.717) is 23.1 Å². The van der Waals surface area contributed by atoms with Crippen LogP contribution in [0.5, 0.6) is 5.75 Å². The molecule has 1 atom stereocenters. The zero-order chi connectivity index (χ0) is 19.7. The summed E-state index contributed by atoms with van der Waals surface area (Å²) in [6.07, 6.45) is 0.247. The number of nitrogens with one attached hydrogen (secondary N) is 1. The number of anilines is 1. The van der Waals surface area contributed by atoms with E-state index in [1.807, 2.05) is 48.5 Å². The zero-order valence-corrected chi connectivity index (χ0v) is 16.1. The molecule has 0 saturated heterocycles. The molecule has 0 radical (unpaired) electrons. The van der Waals surface area contributed by atoms with Gasteiger partial charge in [-0.15, -0.1) is 0 Å². The van der Waals surface area contributed by atoms with Crippen LogP contribution in [-0.2, 0) is 11.4 Å². The molecular formula is C20H15ClN2O4S. The van der Waals surface area contributed by atoms with Gasteiger partial charge in [-0.25, -0.2) is 4.79 Å². The molecule has 2 N–H and O–H groups in total. The molecule has 3 aromatic rings. The van der Waals surface area contributed by atoms with Gasteiger partial charge in [-0.2, -0.15) is 4.37 Å². The molecule has 28 heavy (non-hydrogen) atoms. The van der Waals surface area contributed by atoms with Gasteiger partial charge in [-0.1, -0.05) is 35.9 Å². The Balaban J connectivity index is 1.53. The maximum atomic E-state index is 12.1. The third-order valence-corrected chi connectivity index (χ3v) is 5.66. The SMILES string of the molecule is O=C1C[C@H](c2ccc(OCc3cccc(Cl)c3)cc2)c2snc(C(=O)O)c2N1. The lowest BCUT2D eigenvalue weighted by atomic mass is 9.90. The Kier molecular flexibility index (Phi) is 5.02. The van der Waals surface area contributed by atoms with E-state index in [2.05, 4.69) is 9.69 Å². The van der Waals surface area contributed by atoms with E-state index < -0.39 is 5.97 Å². The molecule has 2 aromatic carbocycles. The highest BCUT2D eigenvalue weighted by Crippen LogP contribution is 2.41. The van der Waals surface area contributed by atoms with Gasteiger partial charge >= 0.3 is 5.97 Å². The molecule has 1 aromatic heterocycles. The van der Waals surface area contributed by atoms with Crippen LogP contribution in [0.15, 0.2) is 48.5 Å². The number of carbonyl (C=O) groups is 2. The Bertz CT molecular complexity index is 1050. The lowest BCUT2D eigenvalue weighted by Gasteiger charge is -2.22. The smallest absolute Gasteiger partial charge is 0.357 e. The van der Waals surface area contributed by atoms with Gasteiger partial charge in [0.15, 0.2) is 5.69 Å². The van der Waals surface area contributed by atoms with Gasteiger partial charge in [0, 0.05) is 17.4 Å². The first-order valence-electron chi connectivity index (χ1n) is 8.51. The first-order chi connectivity index (χ1) is 13.5. The van der Waals surface area contributed by atoms with Crippen LogP contribution in [0, 0.1) is 0 Å². The summed E-state index contributed by atoms with van der Waals surface area (Å²) in [5, 5.41) is 12.5. The zero-order valence-electron chi connectivity index (χ0n) is 14.5. The molecule has 0 spiro atoms. The van der Waals surface area contributed by atoms with Gasteiger partial charge in [-0.05, 0) is 46.9 Å². The lowest BCUT2D eigenvalue weighted by molar-refractivity contribution is -0.116. The average molecular weight is 415 g/mol. The molecular weight excluding hydrogens is 400 g/mol. The van der Waals surface area contributed by atoms with Crippen molar-refractivity contribution in [2.75, 3.05) is 5.32 Å². The number of benzene rings is 2. The fourth-order valence-corrected chi connectivity index (χ4v) is 4.29. The number of nitrogens with zero attached hydrogens (tertiary/aromatic N) is 1. The number of fused-ring (bicyclic) bond motifs is 1. The number of hydrogen-bond donors (Lipinski definition) is 2. The quantitative estimate of drug-likeness (QED) is 0.639. The Morgan fingerprint density at radius 1 is 1.29 bits per heavy atom. The molecule has 1 aliphatic rings. The molecule has 0 fully saturated rings. The molecule has 4 rings (SSSR count). The van der Waals surface area contributed by atoms with Gasteiger partial charge in [0.05, 0.1) is 10.6 Å². The predicted octanol–water partition coefficient (Wildman–Crippen LogP) is 4.55. The summed E-state index contributed by atoms with van der Waals surface area (Å²) in [7, 11) is 0. The molecule has 0 saturated carbocycles. The summed E-state index contributed by atoms with van der Waals surface area (Å²) in [6.45, 7) is 0.396. The monoisotopic (exact) mass is 414 g/mol. The maximum absolute atomic E-state index is 12.1. The van der Waals surface area contributed by atoms with Crippen molar-refractivity contribution in [3.63, 3.8) is 0 Å². The average Bonchev–Trinajstić information content (AvgIpc) is 3.10. The highest BCUT2D eigenvalue weighted by atomic mass is 35.5. The highest BCUT2D eigenvalue weighted by molar-refractivity contribution is 7.06. The van der Waals surface area contributed by atoms with E-state index >= 15 is 0 Å². The van der Waals surface area contributed by atoms with E-state index in [0.717, 1.165) is 27.5 Å². The summed E-state index contributed by atoms with van der Waals surface area (Å²) in [5.74, 6) is -0.902. The second-order valence-electron chi connectivity index (χ2n) is 6.37. The van der Waals surface area contributed by atoms with Crippen molar-refractivity contribution in [3.05, 3.63) is 75.3 Å². The van der Waals surface area contributed by atoms with Crippen molar-refractivity contribution >= 4 is 40.7 Å². The maximum Gasteiger partial charge on any atom is 0.357 e. The van der Waals surface area contributed by atoms with Gasteiger partial charge in [-0.3, -0.25) is 4.79 Å².